The third-order valence-corrected chi connectivity index (χ3v) is 4.28. The van der Waals surface area contributed by atoms with Crippen molar-refractivity contribution in [2.75, 3.05) is 12.4 Å². The first-order valence-electron chi connectivity index (χ1n) is 7.32. The van der Waals surface area contributed by atoms with Crippen LogP contribution in [0.3, 0.4) is 0 Å². The number of benzene rings is 1. The van der Waals surface area contributed by atoms with Crippen molar-refractivity contribution in [2.45, 2.75) is 6.18 Å². The van der Waals surface area contributed by atoms with E-state index in [0.29, 0.717) is 16.3 Å². The fraction of sp³-hybridized carbons (Fsp3) is 0.118. The van der Waals surface area contributed by atoms with Gasteiger partial charge in [0.1, 0.15) is 16.4 Å². The molecule has 0 fully saturated rings. The Balaban J connectivity index is 1.83. The van der Waals surface area contributed by atoms with Crippen LogP contribution in [-0.4, -0.2) is 23.0 Å². The van der Waals surface area contributed by atoms with E-state index in [1.54, 1.807) is 12.1 Å². The monoisotopic (exact) mass is 379 g/mol. The van der Waals surface area contributed by atoms with Crippen molar-refractivity contribution in [3.63, 3.8) is 0 Å². The van der Waals surface area contributed by atoms with E-state index in [4.69, 9.17) is 4.74 Å². The number of carbonyl (C=O) groups is 1. The summed E-state index contributed by atoms with van der Waals surface area (Å²) in [5, 5.41) is 4.41. The molecule has 2 heterocycles. The van der Waals surface area contributed by atoms with Gasteiger partial charge in [-0.3, -0.25) is 4.79 Å². The second-order valence-electron chi connectivity index (χ2n) is 5.13. The van der Waals surface area contributed by atoms with E-state index in [1.165, 1.54) is 30.8 Å². The molecule has 1 amide bonds. The molecular formula is C17H12F3N3O2S. The molecule has 1 N–H and O–H groups in total. The summed E-state index contributed by atoms with van der Waals surface area (Å²) >= 11 is 1.08. The minimum absolute atomic E-state index is 0.0910. The van der Waals surface area contributed by atoms with Crippen LogP contribution in [0, 0.1) is 0 Å². The lowest BCUT2D eigenvalue weighted by Crippen LogP contribution is -2.13. The minimum Gasteiger partial charge on any atom is -0.480 e. The highest BCUT2D eigenvalue weighted by Gasteiger charge is 2.30. The number of rotatable bonds is 4. The average molecular weight is 379 g/mol. The van der Waals surface area contributed by atoms with E-state index >= 15 is 0 Å². The molecular weight excluding hydrogens is 367 g/mol. The lowest BCUT2D eigenvalue weighted by molar-refractivity contribution is -0.137. The molecule has 0 saturated heterocycles. The predicted octanol–water partition coefficient (Wildman–Crippen LogP) is 4.48. The van der Waals surface area contributed by atoms with Crippen molar-refractivity contribution in [2.24, 2.45) is 0 Å². The number of carbonyl (C=O) groups excluding carboxylic acids is 1. The Bertz CT molecular complexity index is 941. The van der Waals surface area contributed by atoms with Crippen molar-refractivity contribution < 1.29 is 22.7 Å². The molecule has 0 spiro atoms. The van der Waals surface area contributed by atoms with Crippen molar-refractivity contribution in [3.05, 3.63) is 59.2 Å². The molecule has 0 aliphatic carbocycles. The van der Waals surface area contributed by atoms with Gasteiger partial charge in [-0.1, -0.05) is 12.1 Å². The number of pyridine rings is 1. The lowest BCUT2D eigenvalue weighted by atomic mass is 10.1. The molecule has 5 nitrogen and oxygen atoms in total. The second kappa shape index (κ2) is 7.12. The van der Waals surface area contributed by atoms with Gasteiger partial charge in [-0.05, 0) is 24.3 Å². The smallest absolute Gasteiger partial charge is 0.416 e. The van der Waals surface area contributed by atoms with Crippen LogP contribution in [-0.2, 0) is 6.18 Å². The zero-order chi connectivity index (χ0) is 18.7. The molecule has 0 bridgehead atoms. The third-order valence-electron chi connectivity index (χ3n) is 3.39. The first kappa shape index (κ1) is 17.9. The molecule has 0 radical (unpaired) electrons. The van der Waals surface area contributed by atoms with Gasteiger partial charge in [0.05, 0.1) is 12.7 Å². The Morgan fingerprint density at radius 2 is 2.04 bits per heavy atom. The molecule has 3 rings (SSSR count). The topological polar surface area (TPSA) is 64.1 Å². The summed E-state index contributed by atoms with van der Waals surface area (Å²) in [5.41, 5.74) is -0.0129. The van der Waals surface area contributed by atoms with Gasteiger partial charge in [-0.25, -0.2) is 9.97 Å². The summed E-state index contributed by atoms with van der Waals surface area (Å²) in [6.45, 7) is 0. The van der Waals surface area contributed by atoms with Crippen LogP contribution in [0.5, 0.6) is 5.88 Å². The van der Waals surface area contributed by atoms with Crippen LogP contribution in [0.4, 0.5) is 18.9 Å². The van der Waals surface area contributed by atoms with Gasteiger partial charge in [0, 0.05) is 17.1 Å². The fourth-order valence-corrected chi connectivity index (χ4v) is 2.97. The quantitative estimate of drug-likeness (QED) is 0.726. The Morgan fingerprint density at radius 3 is 2.77 bits per heavy atom. The standard InChI is InChI=1S/C17H12F3N3O2S/c1-25-15-12(6-3-7-21-15)22-14(24)13-9-26-16(23-13)10-4-2-5-11(8-10)17(18,19)20/h2-9H,1H3,(H,22,24). The van der Waals surface area contributed by atoms with E-state index in [1.807, 2.05) is 0 Å². The van der Waals surface area contributed by atoms with E-state index in [-0.39, 0.29) is 11.6 Å². The number of amides is 1. The van der Waals surface area contributed by atoms with Crippen LogP contribution in [0.2, 0.25) is 0 Å². The maximum absolute atomic E-state index is 12.8. The van der Waals surface area contributed by atoms with Gasteiger partial charge in [-0.15, -0.1) is 11.3 Å². The average Bonchev–Trinajstić information content (AvgIpc) is 3.12. The Labute approximate surface area is 150 Å². The highest BCUT2D eigenvalue weighted by atomic mass is 32.1. The lowest BCUT2D eigenvalue weighted by Gasteiger charge is -2.07. The van der Waals surface area contributed by atoms with Gasteiger partial charge in [0.15, 0.2) is 0 Å². The zero-order valence-electron chi connectivity index (χ0n) is 13.4. The number of hydrogen-bond donors (Lipinski definition) is 1. The van der Waals surface area contributed by atoms with Crippen molar-refractivity contribution in [1.82, 2.24) is 9.97 Å². The molecule has 0 unspecified atom stereocenters. The van der Waals surface area contributed by atoms with E-state index in [2.05, 4.69) is 15.3 Å². The Morgan fingerprint density at radius 1 is 1.23 bits per heavy atom. The minimum atomic E-state index is -4.44. The number of thiazole rings is 1. The highest BCUT2D eigenvalue weighted by molar-refractivity contribution is 7.13. The van der Waals surface area contributed by atoms with Crippen LogP contribution < -0.4 is 10.1 Å². The SMILES string of the molecule is COc1ncccc1NC(=O)c1csc(-c2cccc(C(F)(F)F)c2)n1. The summed E-state index contributed by atoms with van der Waals surface area (Å²) in [4.78, 5) is 20.4. The van der Waals surface area contributed by atoms with Crippen LogP contribution in [0.15, 0.2) is 48.0 Å². The van der Waals surface area contributed by atoms with Gasteiger partial charge in [0.25, 0.3) is 5.91 Å². The Hall–Kier alpha value is -2.94. The number of alkyl halides is 3. The molecule has 3 aromatic rings. The molecule has 0 saturated carbocycles. The van der Waals surface area contributed by atoms with Gasteiger partial charge >= 0.3 is 6.18 Å². The van der Waals surface area contributed by atoms with Crippen molar-refractivity contribution in [1.29, 1.82) is 0 Å². The van der Waals surface area contributed by atoms with E-state index < -0.39 is 17.6 Å². The van der Waals surface area contributed by atoms with Crippen molar-refractivity contribution >= 4 is 22.9 Å². The number of aromatic nitrogens is 2. The largest absolute Gasteiger partial charge is 0.480 e. The molecule has 2 aromatic heterocycles. The second-order valence-corrected chi connectivity index (χ2v) is 5.99. The van der Waals surface area contributed by atoms with Gasteiger partial charge in [0.2, 0.25) is 5.88 Å². The maximum atomic E-state index is 12.8. The van der Waals surface area contributed by atoms with Gasteiger partial charge in [-0.2, -0.15) is 13.2 Å². The number of nitrogens with zero attached hydrogens (tertiary/aromatic N) is 2. The van der Waals surface area contributed by atoms with Gasteiger partial charge < -0.3 is 10.1 Å². The first-order valence-corrected chi connectivity index (χ1v) is 8.20. The third kappa shape index (κ3) is 3.83. The number of ether oxygens (including phenoxy) is 1. The number of halogens is 3. The molecule has 1 aromatic carbocycles. The van der Waals surface area contributed by atoms with E-state index in [0.717, 1.165) is 23.5 Å². The number of nitrogens with one attached hydrogen (secondary N) is 1. The summed E-state index contributed by atoms with van der Waals surface area (Å²) in [6.07, 6.45) is -2.92. The molecule has 0 aliphatic rings. The molecule has 26 heavy (non-hydrogen) atoms. The summed E-state index contributed by atoms with van der Waals surface area (Å²) < 4.78 is 43.5. The number of methoxy groups -OCH3 is 1. The maximum Gasteiger partial charge on any atom is 0.416 e. The molecule has 134 valence electrons. The summed E-state index contributed by atoms with van der Waals surface area (Å²) in [5.74, 6) is -0.264. The molecule has 0 aliphatic heterocycles. The highest BCUT2D eigenvalue weighted by Crippen LogP contribution is 2.33. The zero-order valence-corrected chi connectivity index (χ0v) is 14.2. The number of hydrogen-bond acceptors (Lipinski definition) is 5. The molecule has 0 atom stereocenters. The van der Waals surface area contributed by atoms with E-state index in [9.17, 15) is 18.0 Å². The Kier molecular flexibility index (Phi) is 4.90. The normalized spacial score (nSPS) is 11.2. The van der Waals surface area contributed by atoms with Crippen LogP contribution >= 0.6 is 11.3 Å². The van der Waals surface area contributed by atoms with Crippen LogP contribution in [0.1, 0.15) is 16.1 Å². The first-order chi connectivity index (χ1) is 12.4. The fourth-order valence-electron chi connectivity index (χ4n) is 2.17. The summed E-state index contributed by atoms with van der Waals surface area (Å²) in [7, 11) is 1.42. The van der Waals surface area contributed by atoms with Crippen LogP contribution in [0.25, 0.3) is 10.6 Å². The summed E-state index contributed by atoms with van der Waals surface area (Å²) in [6, 6.07) is 8.06. The molecule has 9 heteroatoms. The van der Waals surface area contributed by atoms with Crippen molar-refractivity contribution in [3.8, 4) is 16.5 Å². The number of anilines is 1. The predicted molar refractivity (Wildman–Crippen MR) is 91.3 cm³/mol.